The van der Waals surface area contributed by atoms with E-state index in [1.807, 2.05) is 12.1 Å². The average molecular weight is 264 g/mol. The van der Waals surface area contributed by atoms with Crippen LogP contribution in [-0.4, -0.2) is 9.55 Å². The highest BCUT2D eigenvalue weighted by Crippen LogP contribution is 2.14. The van der Waals surface area contributed by atoms with Gasteiger partial charge < -0.3 is 0 Å². The molecule has 0 aliphatic heterocycles. The summed E-state index contributed by atoms with van der Waals surface area (Å²) in [4.78, 5) is 15.9. The molecule has 1 aromatic carbocycles. The smallest absolute Gasteiger partial charge is 0.262 e. The molecule has 0 aliphatic carbocycles. The first-order chi connectivity index (χ1) is 7.22. The van der Waals surface area contributed by atoms with Crippen LogP contribution >= 0.6 is 15.9 Å². The van der Waals surface area contributed by atoms with Crippen molar-refractivity contribution in [1.82, 2.24) is 9.55 Å². The number of benzene rings is 1. The summed E-state index contributed by atoms with van der Waals surface area (Å²) in [6.07, 6.45) is 1.39. The summed E-state index contributed by atoms with van der Waals surface area (Å²) >= 11 is 3.29. The first-order valence-corrected chi connectivity index (χ1v) is 5.03. The molecule has 0 bridgehead atoms. The number of nitriles is 1. The SMILES string of the molecule is N#CCn1cnc2ccc(Br)cc2c1=O. The molecule has 15 heavy (non-hydrogen) atoms. The normalized spacial score (nSPS) is 10.1. The fourth-order valence-electron chi connectivity index (χ4n) is 1.32. The molecule has 0 saturated heterocycles. The van der Waals surface area contributed by atoms with Gasteiger partial charge in [-0.05, 0) is 18.2 Å². The topological polar surface area (TPSA) is 58.7 Å². The second kappa shape index (κ2) is 3.83. The second-order valence-corrected chi connectivity index (χ2v) is 3.91. The molecule has 1 aromatic heterocycles. The average Bonchev–Trinajstić information content (AvgIpc) is 2.23. The van der Waals surface area contributed by atoms with Gasteiger partial charge in [0, 0.05) is 4.47 Å². The molecule has 2 aromatic rings. The Morgan fingerprint density at radius 2 is 2.33 bits per heavy atom. The third kappa shape index (κ3) is 1.76. The number of hydrogen-bond donors (Lipinski definition) is 0. The minimum atomic E-state index is -0.192. The molecule has 0 N–H and O–H groups in total. The first kappa shape index (κ1) is 9.87. The minimum Gasteiger partial charge on any atom is -0.285 e. The lowest BCUT2D eigenvalue weighted by atomic mass is 10.2. The van der Waals surface area contributed by atoms with Crippen molar-refractivity contribution in [1.29, 1.82) is 5.26 Å². The van der Waals surface area contributed by atoms with Gasteiger partial charge >= 0.3 is 0 Å². The van der Waals surface area contributed by atoms with Crippen LogP contribution < -0.4 is 5.56 Å². The molecule has 0 saturated carbocycles. The van der Waals surface area contributed by atoms with Crippen LogP contribution in [0.2, 0.25) is 0 Å². The molecular weight excluding hydrogens is 258 g/mol. The molecule has 0 amide bonds. The number of fused-ring (bicyclic) bond motifs is 1. The predicted octanol–water partition coefficient (Wildman–Crippen LogP) is 1.68. The number of rotatable bonds is 1. The highest BCUT2D eigenvalue weighted by atomic mass is 79.9. The molecule has 0 atom stereocenters. The van der Waals surface area contributed by atoms with Crippen LogP contribution in [0.1, 0.15) is 0 Å². The van der Waals surface area contributed by atoms with Gasteiger partial charge in [0.05, 0.1) is 23.3 Å². The van der Waals surface area contributed by atoms with Crippen molar-refractivity contribution in [3.8, 4) is 6.07 Å². The van der Waals surface area contributed by atoms with E-state index in [1.54, 1.807) is 12.1 Å². The van der Waals surface area contributed by atoms with Gasteiger partial charge in [0.25, 0.3) is 5.56 Å². The van der Waals surface area contributed by atoms with E-state index < -0.39 is 0 Å². The van der Waals surface area contributed by atoms with E-state index in [1.165, 1.54) is 10.9 Å². The summed E-state index contributed by atoms with van der Waals surface area (Å²) < 4.78 is 2.11. The van der Waals surface area contributed by atoms with Crippen LogP contribution in [0, 0.1) is 11.3 Å². The lowest BCUT2D eigenvalue weighted by Gasteiger charge is -2.01. The highest BCUT2D eigenvalue weighted by Gasteiger charge is 2.03. The molecule has 74 valence electrons. The zero-order chi connectivity index (χ0) is 10.8. The number of aromatic nitrogens is 2. The molecule has 1 heterocycles. The van der Waals surface area contributed by atoms with E-state index in [0.29, 0.717) is 10.9 Å². The van der Waals surface area contributed by atoms with Crippen molar-refractivity contribution < 1.29 is 0 Å². The molecule has 4 nitrogen and oxygen atoms in total. The molecule has 0 unspecified atom stereocenters. The molecular formula is C10H6BrN3O. The van der Waals surface area contributed by atoms with Crippen LogP contribution in [-0.2, 0) is 6.54 Å². The lowest BCUT2D eigenvalue weighted by Crippen LogP contribution is -2.19. The van der Waals surface area contributed by atoms with Crippen LogP contribution in [0.4, 0.5) is 0 Å². The maximum atomic E-state index is 11.8. The molecule has 0 aliphatic rings. The number of hydrogen-bond acceptors (Lipinski definition) is 3. The third-order valence-electron chi connectivity index (χ3n) is 2.03. The van der Waals surface area contributed by atoms with E-state index in [4.69, 9.17) is 5.26 Å². The maximum Gasteiger partial charge on any atom is 0.262 e. The fourth-order valence-corrected chi connectivity index (χ4v) is 1.68. The zero-order valence-electron chi connectivity index (χ0n) is 7.64. The highest BCUT2D eigenvalue weighted by molar-refractivity contribution is 9.10. The molecule has 2 rings (SSSR count). The summed E-state index contributed by atoms with van der Waals surface area (Å²) in [5.74, 6) is 0. The van der Waals surface area contributed by atoms with Crippen LogP contribution in [0.25, 0.3) is 10.9 Å². The minimum absolute atomic E-state index is 0.0221. The van der Waals surface area contributed by atoms with E-state index in [0.717, 1.165) is 4.47 Å². The van der Waals surface area contributed by atoms with Crippen molar-refractivity contribution >= 4 is 26.8 Å². The van der Waals surface area contributed by atoms with Crippen molar-refractivity contribution in [3.05, 3.63) is 39.4 Å². The van der Waals surface area contributed by atoms with Crippen molar-refractivity contribution in [3.63, 3.8) is 0 Å². The van der Waals surface area contributed by atoms with Crippen LogP contribution in [0.15, 0.2) is 33.8 Å². The van der Waals surface area contributed by atoms with Crippen molar-refractivity contribution in [2.75, 3.05) is 0 Å². The first-order valence-electron chi connectivity index (χ1n) is 4.24. The van der Waals surface area contributed by atoms with Crippen molar-refractivity contribution in [2.45, 2.75) is 6.54 Å². The maximum absolute atomic E-state index is 11.8. The third-order valence-corrected chi connectivity index (χ3v) is 2.52. The standard InChI is InChI=1S/C10H6BrN3O/c11-7-1-2-9-8(5-7)10(15)14(4-3-12)6-13-9/h1-2,5-6H,4H2. The van der Waals surface area contributed by atoms with Crippen molar-refractivity contribution in [2.24, 2.45) is 0 Å². The zero-order valence-corrected chi connectivity index (χ0v) is 9.23. The Morgan fingerprint density at radius 1 is 1.53 bits per heavy atom. The second-order valence-electron chi connectivity index (χ2n) is 3.00. The van der Waals surface area contributed by atoms with Gasteiger partial charge in [-0.15, -0.1) is 0 Å². The van der Waals surface area contributed by atoms with Gasteiger partial charge in [-0.1, -0.05) is 15.9 Å². The summed E-state index contributed by atoms with van der Waals surface area (Å²) in [5, 5.41) is 9.04. The Hall–Kier alpha value is -1.67. The van der Waals surface area contributed by atoms with E-state index in [9.17, 15) is 4.79 Å². The monoisotopic (exact) mass is 263 g/mol. The molecule has 0 radical (unpaired) electrons. The Labute approximate surface area is 93.9 Å². The molecule has 0 fully saturated rings. The molecule has 0 spiro atoms. The quantitative estimate of drug-likeness (QED) is 0.787. The van der Waals surface area contributed by atoms with Gasteiger partial charge in [-0.3, -0.25) is 9.36 Å². The summed E-state index contributed by atoms with van der Waals surface area (Å²) in [6, 6.07) is 7.21. The Kier molecular flexibility index (Phi) is 2.52. The predicted molar refractivity (Wildman–Crippen MR) is 59.3 cm³/mol. The van der Waals surface area contributed by atoms with Gasteiger partial charge in [0.15, 0.2) is 0 Å². The van der Waals surface area contributed by atoms with E-state index in [-0.39, 0.29) is 12.1 Å². The largest absolute Gasteiger partial charge is 0.285 e. The number of nitrogens with zero attached hydrogens (tertiary/aromatic N) is 3. The van der Waals surface area contributed by atoms with Crippen LogP contribution in [0.5, 0.6) is 0 Å². The van der Waals surface area contributed by atoms with Gasteiger partial charge in [-0.2, -0.15) is 5.26 Å². The fraction of sp³-hybridized carbons (Fsp3) is 0.100. The number of halogens is 1. The summed E-state index contributed by atoms with van der Waals surface area (Å²) in [5.41, 5.74) is 0.445. The lowest BCUT2D eigenvalue weighted by molar-refractivity contribution is 0.775. The molecule has 5 heteroatoms. The van der Waals surface area contributed by atoms with Gasteiger partial charge in [0.2, 0.25) is 0 Å². The van der Waals surface area contributed by atoms with E-state index >= 15 is 0 Å². The summed E-state index contributed by atoms with van der Waals surface area (Å²) in [6.45, 7) is 0.0221. The Balaban J connectivity index is 2.78. The van der Waals surface area contributed by atoms with Gasteiger partial charge in [0.1, 0.15) is 6.54 Å². The van der Waals surface area contributed by atoms with Crippen LogP contribution in [0.3, 0.4) is 0 Å². The Morgan fingerprint density at radius 3 is 3.07 bits per heavy atom. The Bertz CT molecular complexity index is 612. The van der Waals surface area contributed by atoms with Gasteiger partial charge in [-0.25, -0.2) is 4.98 Å². The summed E-state index contributed by atoms with van der Waals surface area (Å²) in [7, 11) is 0. The van der Waals surface area contributed by atoms with E-state index in [2.05, 4.69) is 20.9 Å².